The highest BCUT2D eigenvalue weighted by Crippen LogP contribution is 2.25. The lowest BCUT2D eigenvalue weighted by molar-refractivity contribution is -0.0768. The molecule has 3 heteroatoms. The second-order valence-corrected chi connectivity index (χ2v) is 6.73. The van der Waals surface area contributed by atoms with Gasteiger partial charge in [0.25, 0.3) is 0 Å². The molecule has 1 aliphatic rings. The summed E-state index contributed by atoms with van der Waals surface area (Å²) in [6.07, 6.45) is 0.152. The van der Waals surface area contributed by atoms with Crippen LogP contribution in [0.1, 0.15) is 32.4 Å². The fourth-order valence-electron chi connectivity index (χ4n) is 2.57. The van der Waals surface area contributed by atoms with Crippen molar-refractivity contribution in [2.75, 3.05) is 39.8 Å². The zero-order valence-electron chi connectivity index (χ0n) is 13.3. The number of hydrogen-bond donors (Lipinski definition) is 0. The van der Waals surface area contributed by atoms with Crippen LogP contribution in [-0.2, 0) is 4.74 Å². The van der Waals surface area contributed by atoms with Gasteiger partial charge in [-0.3, -0.25) is 4.90 Å². The summed E-state index contributed by atoms with van der Waals surface area (Å²) in [4.78, 5) is 4.90. The van der Waals surface area contributed by atoms with Crippen LogP contribution >= 0.6 is 0 Å². The molecule has 0 amide bonds. The molecule has 112 valence electrons. The van der Waals surface area contributed by atoms with Gasteiger partial charge in [-0.1, -0.05) is 30.3 Å². The van der Waals surface area contributed by atoms with Crippen molar-refractivity contribution < 1.29 is 4.74 Å². The minimum absolute atomic E-state index is 0.118. The molecule has 0 aliphatic carbocycles. The molecule has 1 aromatic rings. The van der Waals surface area contributed by atoms with E-state index in [2.05, 4.69) is 68.0 Å². The maximum absolute atomic E-state index is 6.30. The van der Waals surface area contributed by atoms with Crippen LogP contribution in [0.25, 0.3) is 0 Å². The summed E-state index contributed by atoms with van der Waals surface area (Å²) >= 11 is 0. The van der Waals surface area contributed by atoms with E-state index >= 15 is 0 Å². The average Bonchev–Trinajstić information content (AvgIpc) is 2.40. The lowest BCUT2D eigenvalue weighted by atomic mass is 10.1. The van der Waals surface area contributed by atoms with Gasteiger partial charge in [-0.2, -0.15) is 0 Å². The number of benzene rings is 1. The summed E-state index contributed by atoms with van der Waals surface area (Å²) in [5, 5.41) is 0. The van der Waals surface area contributed by atoms with Crippen molar-refractivity contribution in [3.63, 3.8) is 0 Å². The lowest BCUT2D eigenvalue weighted by Gasteiger charge is -2.36. The molecule has 1 fully saturated rings. The fraction of sp³-hybridized carbons (Fsp3) is 0.647. The average molecular weight is 276 g/mol. The van der Waals surface area contributed by atoms with Gasteiger partial charge in [0, 0.05) is 32.7 Å². The molecule has 0 radical (unpaired) electrons. The van der Waals surface area contributed by atoms with Crippen LogP contribution in [-0.4, -0.2) is 55.2 Å². The Labute approximate surface area is 123 Å². The Hall–Kier alpha value is -0.900. The van der Waals surface area contributed by atoms with Crippen molar-refractivity contribution in [1.82, 2.24) is 9.80 Å². The first-order chi connectivity index (χ1) is 9.44. The van der Waals surface area contributed by atoms with Crippen molar-refractivity contribution in [3.8, 4) is 0 Å². The largest absolute Gasteiger partial charge is 0.367 e. The van der Waals surface area contributed by atoms with Gasteiger partial charge in [-0.25, -0.2) is 0 Å². The van der Waals surface area contributed by atoms with E-state index in [0.29, 0.717) is 0 Å². The third-order valence-electron chi connectivity index (χ3n) is 3.69. The van der Waals surface area contributed by atoms with Crippen molar-refractivity contribution in [3.05, 3.63) is 35.9 Å². The molecule has 1 aromatic carbocycles. The number of likely N-dealkylation sites (N-methyl/N-ethyl adjacent to an activating group) is 1. The van der Waals surface area contributed by atoms with Gasteiger partial charge in [0.15, 0.2) is 0 Å². The van der Waals surface area contributed by atoms with Crippen molar-refractivity contribution in [1.29, 1.82) is 0 Å². The summed E-state index contributed by atoms with van der Waals surface area (Å²) in [6.45, 7) is 11.9. The smallest absolute Gasteiger partial charge is 0.0958 e. The number of hydrogen-bond acceptors (Lipinski definition) is 3. The topological polar surface area (TPSA) is 15.7 Å². The molecule has 0 N–H and O–H groups in total. The van der Waals surface area contributed by atoms with Crippen molar-refractivity contribution in [2.45, 2.75) is 32.5 Å². The molecule has 0 aromatic heterocycles. The standard InChI is InChI=1S/C17H28N2O/c1-17(2,3)20-16(15-8-6-5-7-9-15)14-19-12-10-18(4)11-13-19/h5-9,16H,10-14H2,1-4H3. The fourth-order valence-corrected chi connectivity index (χ4v) is 2.57. The lowest BCUT2D eigenvalue weighted by Crippen LogP contribution is -2.46. The van der Waals surface area contributed by atoms with Crippen LogP contribution in [0.3, 0.4) is 0 Å². The first kappa shape index (κ1) is 15.5. The summed E-state index contributed by atoms with van der Waals surface area (Å²) < 4.78 is 6.30. The Morgan fingerprint density at radius 2 is 1.65 bits per heavy atom. The van der Waals surface area contributed by atoms with E-state index in [-0.39, 0.29) is 11.7 Å². The quantitative estimate of drug-likeness (QED) is 0.841. The number of ether oxygens (including phenoxy) is 1. The van der Waals surface area contributed by atoms with Crippen LogP contribution in [0.4, 0.5) is 0 Å². The summed E-state index contributed by atoms with van der Waals surface area (Å²) in [7, 11) is 2.19. The number of nitrogens with zero attached hydrogens (tertiary/aromatic N) is 2. The molecule has 1 aliphatic heterocycles. The van der Waals surface area contributed by atoms with E-state index in [4.69, 9.17) is 4.74 Å². The zero-order valence-corrected chi connectivity index (χ0v) is 13.3. The SMILES string of the molecule is CN1CCN(CC(OC(C)(C)C)c2ccccc2)CC1. The normalized spacial score (nSPS) is 20.0. The van der Waals surface area contributed by atoms with Gasteiger partial charge in [-0.15, -0.1) is 0 Å². The van der Waals surface area contributed by atoms with Gasteiger partial charge >= 0.3 is 0 Å². The molecule has 0 bridgehead atoms. The third-order valence-corrected chi connectivity index (χ3v) is 3.69. The molecular formula is C17H28N2O. The first-order valence-corrected chi connectivity index (χ1v) is 7.58. The van der Waals surface area contributed by atoms with E-state index in [9.17, 15) is 0 Å². The second kappa shape index (κ2) is 6.70. The van der Waals surface area contributed by atoms with Gasteiger partial charge in [0.2, 0.25) is 0 Å². The summed E-state index contributed by atoms with van der Waals surface area (Å²) in [6, 6.07) is 10.6. The maximum atomic E-state index is 6.30. The van der Waals surface area contributed by atoms with E-state index in [1.807, 2.05) is 0 Å². The highest BCUT2D eigenvalue weighted by atomic mass is 16.5. The molecule has 1 atom stereocenters. The second-order valence-electron chi connectivity index (χ2n) is 6.73. The Bertz CT molecular complexity index is 391. The first-order valence-electron chi connectivity index (χ1n) is 7.58. The van der Waals surface area contributed by atoms with E-state index in [1.165, 1.54) is 5.56 Å². The highest BCUT2D eigenvalue weighted by molar-refractivity contribution is 5.18. The van der Waals surface area contributed by atoms with Gasteiger partial charge in [0.05, 0.1) is 11.7 Å². The van der Waals surface area contributed by atoms with Crippen molar-refractivity contribution in [2.24, 2.45) is 0 Å². The molecule has 0 saturated carbocycles. The maximum Gasteiger partial charge on any atom is 0.0958 e. The zero-order chi connectivity index (χ0) is 14.6. The minimum Gasteiger partial charge on any atom is -0.367 e. The van der Waals surface area contributed by atoms with Crippen LogP contribution in [0.2, 0.25) is 0 Å². The highest BCUT2D eigenvalue weighted by Gasteiger charge is 2.24. The molecule has 20 heavy (non-hydrogen) atoms. The van der Waals surface area contributed by atoms with E-state index in [1.54, 1.807) is 0 Å². The molecular weight excluding hydrogens is 248 g/mol. The molecule has 1 saturated heterocycles. The Balaban J connectivity index is 2.03. The van der Waals surface area contributed by atoms with E-state index in [0.717, 1.165) is 32.7 Å². The summed E-state index contributed by atoms with van der Waals surface area (Å²) in [5.74, 6) is 0. The third kappa shape index (κ3) is 4.89. The molecule has 1 heterocycles. The summed E-state index contributed by atoms with van der Waals surface area (Å²) in [5.41, 5.74) is 1.16. The molecule has 3 nitrogen and oxygen atoms in total. The number of rotatable bonds is 4. The van der Waals surface area contributed by atoms with Crippen LogP contribution < -0.4 is 0 Å². The monoisotopic (exact) mass is 276 g/mol. The number of piperazine rings is 1. The molecule has 2 rings (SSSR count). The Morgan fingerprint density at radius 1 is 1.05 bits per heavy atom. The molecule has 0 spiro atoms. The molecule has 1 unspecified atom stereocenters. The van der Waals surface area contributed by atoms with Crippen LogP contribution in [0, 0.1) is 0 Å². The van der Waals surface area contributed by atoms with Gasteiger partial charge < -0.3 is 9.64 Å². The van der Waals surface area contributed by atoms with Gasteiger partial charge in [-0.05, 0) is 33.4 Å². The van der Waals surface area contributed by atoms with E-state index < -0.39 is 0 Å². The Kier molecular flexibility index (Phi) is 5.19. The van der Waals surface area contributed by atoms with Gasteiger partial charge in [0.1, 0.15) is 0 Å². The van der Waals surface area contributed by atoms with Crippen LogP contribution in [0.5, 0.6) is 0 Å². The Morgan fingerprint density at radius 3 is 2.20 bits per heavy atom. The predicted octanol–water partition coefficient (Wildman–Crippen LogP) is 2.79. The van der Waals surface area contributed by atoms with Crippen molar-refractivity contribution >= 4 is 0 Å². The van der Waals surface area contributed by atoms with Crippen LogP contribution in [0.15, 0.2) is 30.3 Å². The predicted molar refractivity (Wildman–Crippen MR) is 84.0 cm³/mol. The minimum atomic E-state index is -0.118.